The van der Waals surface area contributed by atoms with Gasteiger partial charge in [-0.05, 0) is 62.5 Å². The summed E-state index contributed by atoms with van der Waals surface area (Å²) in [6.07, 6.45) is 3.92. The van der Waals surface area contributed by atoms with Crippen molar-refractivity contribution >= 4 is 12.4 Å². The first-order valence-corrected chi connectivity index (χ1v) is 13.4. The average Bonchev–Trinajstić information content (AvgIpc) is 2.94. The van der Waals surface area contributed by atoms with Crippen molar-refractivity contribution in [2.24, 2.45) is 5.92 Å². The Bertz CT molecular complexity index is 1060. The van der Waals surface area contributed by atoms with Crippen molar-refractivity contribution in [3.63, 3.8) is 0 Å². The van der Waals surface area contributed by atoms with Gasteiger partial charge in [0.2, 0.25) is 11.5 Å². The van der Waals surface area contributed by atoms with Crippen LogP contribution in [0.4, 0.5) is 0 Å². The molecule has 2 atom stereocenters. The Kier molecular flexibility index (Phi) is 10.5. The molecule has 4 rings (SSSR count). The van der Waals surface area contributed by atoms with Gasteiger partial charge in [-0.1, -0.05) is 13.3 Å². The molecule has 2 aromatic rings. The van der Waals surface area contributed by atoms with Gasteiger partial charge in [-0.2, -0.15) is 0 Å². The number of methoxy groups -OCH3 is 6. The van der Waals surface area contributed by atoms with Crippen LogP contribution < -0.4 is 28.4 Å². The number of rotatable bonds is 10. The maximum absolute atomic E-state index is 6.07. The average molecular weight is 565 g/mol. The number of fused-ring (bicyclic) bond motifs is 2. The number of hydrogen-bond acceptors (Lipinski definition) is 8. The van der Waals surface area contributed by atoms with Crippen molar-refractivity contribution in [3.8, 4) is 34.5 Å². The number of halogens is 1. The molecule has 9 heteroatoms. The lowest BCUT2D eigenvalue weighted by molar-refractivity contribution is 0.0656. The second-order valence-electron chi connectivity index (χ2n) is 10.2. The molecule has 0 spiro atoms. The van der Waals surface area contributed by atoms with E-state index in [0.717, 1.165) is 50.3 Å². The fourth-order valence-corrected chi connectivity index (χ4v) is 6.74. The molecule has 0 saturated carbocycles. The van der Waals surface area contributed by atoms with E-state index in [1.165, 1.54) is 22.3 Å². The SMILES string of the molecule is CCCC(C1c2c(cc(OC)c(OC)c2OC)CCN1C)C1c2c(cc(OC)c(OC)c2OC)CCN1C.Cl. The van der Waals surface area contributed by atoms with E-state index < -0.39 is 0 Å². The fraction of sp³-hybridized carbons (Fsp3) is 0.600. The minimum Gasteiger partial charge on any atom is -0.493 e. The number of likely N-dealkylation sites (N-methyl/N-ethyl adjacent to an activating group) is 2. The van der Waals surface area contributed by atoms with Crippen molar-refractivity contribution in [1.29, 1.82) is 0 Å². The zero-order chi connectivity index (χ0) is 27.6. The Morgan fingerprint density at radius 3 is 1.36 bits per heavy atom. The van der Waals surface area contributed by atoms with Crippen LogP contribution in [-0.4, -0.2) is 79.6 Å². The molecule has 2 aliphatic heterocycles. The Balaban J connectivity index is 0.00000420. The predicted molar refractivity (Wildman–Crippen MR) is 156 cm³/mol. The topological polar surface area (TPSA) is 61.9 Å². The van der Waals surface area contributed by atoms with E-state index in [1.54, 1.807) is 42.7 Å². The molecule has 2 aliphatic rings. The number of benzene rings is 2. The standard InChI is InChI=1S/C30H44N2O6.ClH/c1-10-11-20(25-23-18(12-14-31(25)2)16-21(33-4)27(35-6)29(23)37-8)26-24-19(13-15-32(26)3)17-22(34-5)28(36-7)30(24)38-9;/h16-17,20,25-26H,10-15H2,1-9H3;1H. The highest BCUT2D eigenvalue weighted by Gasteiger charge is 2.44. The maximum atomic E-state index is 6.07. The van der Waals surface area contributed by atoms with Crippen LogP contribution in [0.5, 0.6) is 34.5 Å². The molecule has 2 heterocycles. The molecule has 0 amide bonds. The predicted octanol–water partition coefficient (Wildman–Crippen LogP) is 5.33. The maximum Gasteiger partial charge on any atom is 0.203 e. The minimum absolute atomic E-state index is 0. The fourth-order valence-electron chi connectivity index (χ4n) is 6.74. The molecule has 0 aliphatic carbocycles. The summed E-state index contributed by atoms with van der Waals surface area (Å²) in [4.78, 5) is 4.96. The summed E-state index contributed by atoms with van der Waals surface area (Å²) in [6, 6.07) is 4.47. The highest BCUT2D eigenvalue weighted by atomic mass is 35.5. The van der Waals surface area contributed by atoms with E-state index in [1.807, 2.05) is 0 Å². The highest BCUT2D eigenvalue weighted by Crippen LogP contribution is 2.56. The summed E-state index contributed by atoms with van der Waals surface area (Å²) in [5.41, 5.74) is 4.89. The van der Waals surface area contributed by atoms with Crippen molar-refractivity contribution in [3.05, 3.63) is 34.4 Å². The molecule has 2 unspecified atom stereocenters. The summed E-state index contributed by atoms with van der Waals surface area (Å²) in [7, 11) is 14.6. The van der Waals surface area contributed by atoms with Crippen LogP contribution in [0.1, 0.15) is 54.1 Å². The molecule has 0 N–H and O–H groups in total. The van der Waals surface area contributed by atoms with Gasteiger partial charge in [-0.25, -0.2) is 0 Å². The van der Waals surface area contributed by atoms with Crippen molar-refractivity contribution in [2.45, 2.75) is 44.7 Å². The molecule has 218 valence electrons. The Hall–Kier alpha value is -2.55. The van der Waals surface area contributed by atoms with Gasteiger partial charge in [0.05, 0.1) is 42.7 Å². The third-order valence-electron chi connectivity index (χ3n) is 8.35. The molecular weight excluding hydrogens is 520 g/mol. The van der Waals surface area contributed by atoms with Gasteiger partial charge in [-0.3, -0.25) is 9.80 Å². The minimum atomic E-state index is 0. The van der Waals surface area contributed by atoms with Crippen LogP contribution in [0.15, 0.2) is 12.1 Å². The molecule has 0 radical (unpaired) electrons. The molecule has 0 bridgehead atoms. The van der Waals surface area contributed by atoms with Gasteiger partial charge in [0.1, 0.15) is 0 Å². The highest BCUT2D eigenvalue weighted by molar-refractivity contribution is 5.85. The Morgan fingerprint density at radius 2 is 1.05 bits per heavy atom. The summed E-state index contributed by atoms with van der Waals surface area (Å²) in [6.45, 7) is 4.16. The first-order valence-electron chi connectivity index (χ1n) is 13.4. The molecule has 8 nitrogen and oxygen atoms in total. The quantitative estimate of drug-likeness (QED) is 0.383. The summed E-state index contributed by atoms with van der Waals surface area (Å²) < 4.78 is 35.2. The van der Waals surface area contributed by atoms with Crippen LogP contribution in [0.25, 0.3) is 0 Å². The van der Waals surface area contributed by atoms with Crippen molar-refractivity contribution in [1.82, 2.24) is 9.80 Å². The van der Waals surface area contributed by atoms with Gasteiger partial charge < -0.3 is 28.4 Å². The zero-order valence-corrected chi connectivity index (χ0v) is 25.7. The van der Waals surface area contributed by atoms with E-state index in [-0.39, 0.29) is 30.4 Å². The van der Waals surface area contributed by atoms with E-state index in [0.29, 0.717) is 23.0 Å². The van der Waals surface area contributed by atoms with Crippen molar-refractivity contribution in [2.75, 3.05) is 69.8 Å². The van der Waals surface area contributed by atoms with Crippen LogP contribution in [0.3, 0.4) is 0 Å². The monoisotopic (exact) mass is 564 g/mol. The Morgan fingerprint density at radius 1 is 0.667 bits per heavy atom. The van der Waals surface area contributed by atoms with Gasteiger partial charge >= 0.3 is 0 Å². The largest absolute Gasteiger partial charge is 0.493 e. The third kappa shape index (κ3) is 5.31. The van der Waals surface area contributed by atoms with Gasteiger partial charge in [0, 0.05) is 36.3 Å². The van der Waals surface area contributed by atoms with E-state index in [4.69, 9.17) is 28.4 Å². The summed E-state index contributed by atoms with van der Waals surface area (Å²) >= 11 is 0. The number of ether oxygens (including phenoxy) is 6. The zero-order valence-electron chi connectivity index (χ0n) is 24.9. The van der Waals surface area contributed by atoms with E-state index >= 15 is 0 Å². The summed E-state index contributed by atoms with van der Waals surface area (Å²) in [5.74, 6) is 4.47. The van der Waals surface area contributed by atoms with E-state index in [9.17, 15) is 0 Å². The number of nitrogens with zero attached hydrogens (tertiary/aromatic N) is 2. The normalized spacial score (nSPS) is 19.7. The van der Waals surface area contributed by atoms with Crippen LogP contribution in [0.2, 0.25) is 0 Å². The molecule has 0 aromatic heterocycles. The van der Waals surface area contributed by atoms with Gasteiger partial charge in [0.15, 0.2) is 23.0 Å². The lowest BCUT2D eigenvalue weighted by Gasteiger charge is -2.48. The third-order valence-corrected chi connectivity index (χ3v) is 8.35. The first-order chi connectivity index (χ1) is 18.4. The first kappa shape index (κ1) is 31.0. The number of hydrogen-bond donors (Lipinski definition) is 0. The molecule has 2 aromatic carbocycles. The van der Waals surface area contributed by atoms with Crippen LogP contribution in [-0.2, 0) is 12.8 Å². The lowest BCUT2D eigenvalue weighted by atomic mass is 9.73. The smallest absolute Gasteiger partial charge is 0.203 e. The lowest BCUT2D eigenvalue weighted by Crippen LogP contribution is -2.44. The second kappa shape index (κ2) is 13.2. The molecule has 39 heavy (non-hydrogen) atoms. The molecule has 0 saturated heterocycles. The molecular formula is C30H45ClN2O6. The van der Waals surface area contributed by atoms with Crippen LogP contribution >= 0.6 is 12.4 Å². The van der Waals surface area contributed by atoms with Gasteiger partial charge in [-0.15, -0.1) is 12.4 Å². The second-order valence-corrected chi connectivity index (χ2v) is 10.2. The summed E-state index contributed by atoms with van der Waals surface area (Å²) in [5, 5.41) is 0. The Labute approximate surface area is 239 Å². The molecule has 0 fully saturated rings. The van der Waals surface area contributed by atoms with Crippen LogP contribution in [0, 0.1) is 5.92 Å². The van der Waals surface area contributed by atoms with Crippen molar-refractivity contribution < 1.29 is 28.4 Å². The van der Waals surface area contributed by atoms with Gasteiger partial charge in [0.25, 0.3) is 0 Å². The van der Waals surface area contributed by atoms with E-state index in [2.05, 4.69) is 43.0 Å².